The summed E-state index contributed by atoms with van der Waals surface area (Å²) in [4.78, 5) is 12.6. The van der Waals surface area contributed by atoms with Crippen LogP contribution in [0.1, 0.15) is 37.3 Å². The van der Waals surface area contributed by atoms with Gasteiger partial charge in [0.25, 0.3) is 0 Å². The molecule has 0 N–H and O–H groups in total. The fourth-order valence-corrected chi connectivity index (χ4v) is 4.96. The third-order valence-electron chi connectivity index (χ3n) is 5.37. The van der Waals surface area contributed by atoms with Gasteiger partial charge in [-0.3, -0.25) is 0 Å². The number of ether oxygens (including phenoxy) is 2. The first-order valence-corrected chi connectivity index (χ1v) is 12.4. The van der Waals surface area contributed by atoms with E-state index in [0.29, 0.717) is 6.61 Å². The van der Waals surface area contributed by atoms with E-state index in [9.17, 15) is 13.2 Å². The van der Waals surface area contributed by atoms with Crippen LogP contribution in [0.4, 0.5) is 0 Å². The third-order valence-corrected chi connectivity index (χ3v) is 7.20. The van der Waals surface area contributed by atoms with Crippen LogP contribution < -0.4 is 0 Å². The molecule has 32 heavy (non-hydrogen) atoms. The summed E-state index contributed by atoms with van der Waals surface area (Å²) < 4.78 is 38.7. The van der Waals surface area contributed by atoms with Gasteiger partial charge < -0.3 is 9.47 Å². The highest BCUT2D eigenvalue weighted by atomic mass is 32.2. The predicted molar refractivity (Wildman–Crippen MR) is 124 cm³/mol. The topological polar surface area (TPSA) is 72.9 Å². The first-order valence-electron chi connectivity index (χ1n) is 11.0. The van der Waals surface area contributed by atoms with Crippen LogP contribution in [-0.4, -0.2) is 44.5 Å². The molecule has 0 aliphatic carbocycles. The van der Waals surface area contributed by atoms with Crippen LogP contribution in [0.3, 0.4) is 0 Å². The van der Waals surface area contributed by atoms with Gasteiger partial charge >= 0.3 is 5.97 Å². The van der Waals surface area contributed by atoms with Crippen LogP contribution in [0.5, 0.6) is 0 Å². The zero-order valence-corrected chi connectivity index (χ0v) is 19.5. The lowest BCUT2D eigenvalue weighted by molar-refractivity contribution is -0.152. The number of carbonyl (C=O) groups excluding carboxylic acids is 1. The molecule has 1 atom stereocenters. The molecule has 1 heterocycles. The van der Waals surface area contributed by atoms with Gasteiger partial charge in [-0.2, -0.15) is 4.31 Å². The van der Waals surface area contributed by atoms with Gasteiger partial charge in [0.2, 0.25) is 10.0 Å². The number of nitrogens with zero attached hydrogens (tertiary/aromatic N) is 1. The Labute approximate surface area is 190 Å². The van der Waals surface area contributed by atoms with E-state index in [4.69, 9.17) is 9.47 Å². The minimum atomic E-state index is -3.67. The number of hydrogen-bond donors (Lipinski definition) is 0. The monoisotopic (exact) mass is 457 g/mol. The van der Waals surface area contributed by atoms with E-state index in [1.807, 2.05) is 43.3 Å². The van der Waals surface area contributed by atoms with Gasteiger partial charge in [0.1, 0.15) is 12.7 Å². The Morgan fingerprint density at radius 3 is 2.53 bits per heavy atom. The Kier molecular flexibility index (Phi) is 8.61. The summed E-state index contributed by atoms with van der Waals surface area (Å²) in [6, 6.07) is 16.4. The van der Waals surface area contributed by atoms with Crippen molar-refractivity contribution in [2.45, 2.75) is 50.7 Å². The standard InChI is InChI=1S/C25H31NO5S/c1-3-4-6-11-22-16-26(32(28,29)23-14-12-20(2)13-15-23)17-24(22)31-25(27)19-30-18-21-9-7-5-8-10-21/h5,7-15,24H,3-4,6,16-19H2,1-2H3/b22-11+/t24-/m0/s1. The average Bonchev–Trinajstić information content (AvgIpc) is 3.18. The lowest BCUT2D eigenvalue weighted by Gasteiger charge is -2.16. The second kappa shape index (κ2) is 11.4. The van der Waals surface area contributed by atoms with Crippen molar-refractivity contribution in [3.8, 4) is 0 Å². The smallest absolute Gasteiger partial charge is 0.332 e. The number of hydrogen-bond acceptors (Lipinski definition) is 5. The van der Waals surface area contributed by atoms with Crippen molar-refractivity contribution < 1.29 is 22.7 Å². The molecule has 6 nitrogen and oxygen atoms in total. The number of carbonyl (C=O) groups is 1. The summed E-state index contributed by atoms with van der Waals surface area (Å²) in [5.74, 6) is -0.498. The van der Waals surface area contributed by atoms with Crippen LogP contribution in [0.25, 0.3) is 0 Å². The summed E-state index contributed by atoms with van der Waals surface area (Å²) in [5, 5.41) is 0. The van der Waals surface area contributed by atoms with Gasteiger partial charge in [0.05, 0.1) is 18.0 Å². The van der Waals surface area contributed by atoms with Gasteiger partial charge in [-0.15, -0.1) is 0 Å². The van der Waals surface area contributed by atoms with Crippen molar-refractivity contribution in [3.63, 3.8) is 0 Å². The Morgan fingerprint density at radius 1 is 1.12 bits per heavy atom. The first kappa shape index (κ1) is 24.2. The molecule has 2 aromatic rings. The fourth-order valence-electron chi connectivity index (χ4n) is 3.53. The average molecular weight is 458 g/mol. The quantitative estimate of drug-likeness (QED) is 0.303. The molecule has 0 bridgehead atoms. The van der Waals surface area contributed by atoms with Gasteiger partial charge in [-0.1, -0.05) is 73.9 Å². The lowest BCUT2D eigenvalue weighted by atomic mass is 10.1. The van der Waals surface area contributed by atoms with Crippen molar-refractivity contribution in [2.75, 3.05) is 19.7 Å². The molecular weight excluding hydrogens is 426 g/mol. The van der Waals surface area contributed by atoms with E-state index in [-0.39, 0.29) is 24.6 Å². The lowest BCUT2D eigenvalue weighted by Crippen LogP contribution is -2.31. The Bertz CT molecular complexity index is 1020. The van der Waals surface area contributed by atoms with E-state index in [1.54, 1.807) is 24.3 Å². The highest BCUT2D eigenvalue weighted by Crippen LogP contribution is 2.27. The van der Waals surface area contributed by atoms with Gasteiger partial charge in [0, 0.05) is 6.54 Å². The summed E-state index contributed by atoms with van der Waals surface area (Å²) in [7, 11) is -3.67. The SMILES string of the molecule is CCCC/C=C1\CN(S(=O)(=O)c2ccc(C)cc2)C[C@@H]1OC(=O)COCc1ccccc1. The van der Waals surface area contributed by atoms with Gasteiger partial charge in [-0.25, -0.2) is 13.2 Å². The summed E-state index contributed by atoms with van der Waals surface area (Å²) in [5.41, 5.74) is 2.79. The van der Waals surface area contributed by atoms with Crippen LogP contribution in [-0.2, 0) is 30.9 Å². The Morgan fingerprint density at radius 2 is 1.84 bits per heavy atom. The highest BCUT2D eigenvalue weighted by molar-refractivity contribution is 7.89. The van der Waals surface area contributed by atoms with E-state index in [1.165, 1.54) is 4.31 Å². The number of rotatable bonds is 10. The maximum absolute atomic E-state index is 13.1. The molecule has 7 heteroatoms. The summed E-state index contributed by atoms with van der Waals surface area (Å²) >= 11 is 0. The molecule has 1 fully saturated rings. The number of unbranched alkanes of at least 4 members (excludes halogenated alkanes) is 2. The third kappa shape index (κ3) is 6.51. The molecule has 0 aromatic heterocycles. The number of allylic oxidation sites excluding steroid dienone is 1. The Balaban J connectivity index is 1.65. The van der Waals surface area contributed by atoms with Gasteiger partial charge in [-0.05, 0) is 36.6 Å². The molecule has 1 aliphatic rings. The van der Waals surface area contributed by atoms with Crippen molar-refractivity contribution in [2.24, 2.45) is 0 Å². The molecule has 3 rings (SSSR count). The first-order chi connectivity index (χ1) is 15.4. The number of sulfonamides is 1. The normalized spacial score (nSPS) is 18.2. The molecular formula is C25H31NO5S. The molecule has 0 spiro atoms. The fraction of sp³-hybridized carbons (Fsp3) is 0.400. The molecule has 1 aliphatic heterocycles. The highest BCUT2D eigenvalue weighted by Gasteiger charge is 2.37. The molecule has 1 saturated heterocycles. The predicted octanol–water partition coefficient (Wildman–Crippen LogP) is 4.24. The van der Waals surface area contributed by atoms with Crippen LogP contribution >= 0.6 is 0 Å². The van der Waals surface area contributed by atoms with Crippen LogP contribution in [0, 0.1) is 6.92 Å². The molecule has 0 amide bonds. The van der Waals surface area contributed by atoms with E-state index < -0.39 is 22.1 Å². The summed E-state index contributed by atoms with van der Waals surface area (Å²) in [6.07, 6.45) is 4.27. The zero-order valence-electron chi connectivity index (χ0n) is 18.7. The maximum Gasteiger partial charge on any atom is 0.332 e. The van der Waals surface area contributed by atoms with Crippen molar-refractivity contribution in [1.29, 1.82) is 0 Å². The van der Waals surface area contributed by atoms with Gasteiger partial charge in [0.15, 0.2) is 0 Å². The molecule has 0 saturated carbocycles. The van der Waals surface area contributed by atoms with Crippen molar-refractivity contribution >= 4 is 16.0 Å². The maximum atomic E-state index is 13.1. The molecule has 172 valence electrons. The zero-order chi connectivity index (χ0) is 23.0. The van der Waals surface area contributed by atoms with Crippen LogP contribution in [0.15, 0.2) is 71.1 Å². The number of esters is 1. The number of aryl methyl sites for hydroxylation is 1. The van der Waals surface area contributed by atoms with Crippen molar-refractivity contribution in [1.82, 2.24) is 4.31 Å². The van der Waals surface area contributed by atoms with E-state index >= 15 is 0 Å². The largest absolute Gasteiger partial charge is 0.455 e. The summed E-state index contributed by atoms with van der Waals surface area (Å²) in [6.45, 7) is 4.48. The molecule has 0 unspecified atom stereocenters. The second-order valence-electron chi connectivity index (χ2n) is 7.99. The Hall–Kier alpha value is -2.48. The molecule has 2 aromatic carbocycles. The van der Waals surface area contributed by atoms with Crippen LogP contribution in [0.2, 0.25) is 0 Å². The molecule has 0 radical (unpaired) electrons. The second-order valence-corrected chi connectivity index (χ2v) is 9.93. The minimum absolute atomic E-state index is 0.110. The number of benzene rings is 2. The van der Waals surface area contributed by atoms with E-state index in [0.717, 1.165) is 36.0 Å². The minimum Gasteiger partial charge on any atom is -0.455 e. The van der Waals surface area contributed by atoms with E-state index in [2.05, 4.69) is 6.92 Å². The van der Waals surface area contributed by atoms with Crippen molar-refractivity contribution in [3.05, 3.63) is 77.4 Å².